The second-order valence-corrected chi connectivity index (χ2v) is 13.5. The summed E-state index contributed by atoms with van der Waals surface area (Å²) in [5.74, 6) is -1.48. The third-order valence-corrected chi connectivity index (χ3v) is 9.68. The van der Waals surface area contributed by atoms with Crippen molar-refractivity contribution in [2.24, 2.45) is 5.41 Å². The van der Waals surface area contributed by atoms with E-state index in [4.69, 9.17) is 27.9 Å². The minimum Gasteiger partial charge on any atom is -0.492 e. The maximum Gasteiger partial charge on any atom is 0.238 e. The molecule has 0 saturated carbocycles. The molecule has 3 aliphatic heterocycles. The Labute approximate surface area is 266 Å². The van der Waals surface area contributed by atoms with E-state index in [2.05, 4.69) is 10.6 Å². The molecule has 2 N–H and O–H groups in total. The Morgan fingerprint density at radius 1 is 1.02 bits per heavy atom. The van der Waals surface area contributed by atoms with Crippen molar-refractivity contribution in [1.82, 2.24) is 10.2 Å². The van der Waals surface area contributed by atoms with Crippen LogP contribution < -0.4 is 15.4 Å². The Bertz CT molecular complexity index is 1670. The lowest BCUT2D eigenvalue weighted by Gasteiger charge is -2.47. The first-order chi connectivity index (χ1) is 20.9. The number of carbonyl (C=O) groups excluding carboxylic acids is 3. The van der Waals surface area contributed by atoms with Crippen molar-refractivity contribution in [2.45, 2.75) is 57.4 Å². The molecule has 1 spiro atoms. The average Bonchev–Trinajstić information content (AvgIpc) is 3.61. The Morgan fingerprint density at radius 3 is 2.48 bits per heavy atom. The minimum atomic E-state index is -1.41. The van der Waals surface area contributed by atoms with Gasteiger partial charge in [-0.05, 0) is 92.8 Å². The van der Waals surface area contributed by atoms with Crippen LogP contribution in [0.3, 0.4) is 0 Å². The van der Waals surface area contributed by atoms with Gasteiger partial charge in [-0.2, -0.15) is 0 Å². The van der Waals surface area contributed by atoms with Crippen molar-refractivity contribution in [3.8, 4) is 5.75 Å². The number of amides is 3. The number of anilines is 1. The predicted molar refractivity (Wildman–Crippen MR) is 168 cm³/mol. The normalized spacial score (nSPS) is 23.0. The highest BCUT2D eigenvalue weighted by Gasteiger charge is 2.62. The first-order valence-electron chi connectivity index (χ1n) is 14.8. The first-order valence-corrected chi connectivity index (χ1v) is 15.6. The third-order valence-electron chi connectivity index (χ3n) is 9.21. The molecule has 2 saturated heterocycles. The monoisotopic (exact) mass is 637 g/mol. The van der Waals surface area contributed by atoms with Gasteiger partial charge in [-0.1, -0.05) is 35.3 Å². The molecule has 3 aromatic carbocycles. The topological polar surface area (TPSA) is 87.7 Å². The highest BCUT2D eigenvalue weighted by Crippen LogP contribution is 2.59. The molecule has 0 radical (unpaired) electrons. The maximum absolute atomic E-state index is 14.7. The second kappa shape index (κ2) is 11.4. The summed E-state index contributed by atoms with van der Waals surface area (Å²) in [4.78, 5) is 43.1. The fourth-order valence-electron chi connectivity index (χ4n) is 7.03. The number of rotatable bonds is 6. The van der Waals surface area contributed by atoms with Crippen molar-refractivity contribution >= 4 is 46.6 Å². The summed E-state index contributed by atoms with van der Waals surface area (Å²) in [5.41, 5.74) is 0.674. The second-order valence-electron chi connectivity index (χ2n) is 12.6. The molecule has 3 amide bonds. The molecule has 3 atom stereocenters. The summed E-state index contributed by atoms with van der Waals surface area (Å²) >= 11 is 12.9. The number of hydrogen-bond acceptors (Lipinski definition) is 4. The Balaban J connectivity index is 1.50. The van der Waals surface area contributed by atoms with Crippen LogP contribution in [0.15, 0.2) is 54.6 Å². The van der Waals surface area contributed by atoms with Crippen molar-refractivity contribution in [3.05, 3.63) is 92.7 Å². The number of nitrogens with one attached hydrogen (secondary N) is 2. The number of likely N-dealkylation sites (tertiary alicyclic amines) is 1. The summed E-state index contributed by atoms with van der Waals surface area (Å²) in [5, 5.41) is 6.86. The number of carbonyl (C=O) groups is 3. The summed E-state index contributed by atoms with van der Waals surface area (Å²) in [6, 6.07) is 13.7. The maximum atomic E-state index is 14.7. The van der Waals surface area contributed by atoms with Gasteiger partial charge in [0.15, 0.2) is 0 Å². The molecular formula is C34H34Cl2FN3O4. The number of halogens is 3. The van der Waals surface area contributed by atoms with Crippen LogP contribution in [0.1, 0.15) is 67.3 Å². The lowest BCUT2D eigenvalue weighted by atomic mass is 9.59. The molecule has 7 nitrogen and oxygen atoms in total. The fourth-order valence-corrected chi connectivity index (χ4v) is 7.39. The van der Waals surface area contributed by atoms with E-state index >= 15 is 0 Å². The molecule has 10 heteroatoms. The van der Waals surface area contributed by atoms with E-state index in [1.807, 2.05) is 25.7 Å². The quantitative estimate of drug-likeness (QED) is 0.315. The van der Waals surface area contributed by atoms with Crippen molar-refractivity contribution in [2.75, 3.05) is 25.0 Å². The van der Waals surface area contributed by atoms with E-state index in [1.165, 1.54) is 12.1 Å². The van der Waals surface area contributed by atoms with Crippen LogP contribution in [-0.2, 0) is 19.8 Å². The summed E-state index contributed by atoms with van der Waals surface area (Å²) in [7, 11) is 0. The molecule has 0 aromatic heterocycles. The highest BCUT2D eigenvalue weighted by molar-refractivity contribution is 6.31. The van der Waals surface area contributed by atoms with Crippen LogP contribution in [0.25, 0.3) is 0 Å². The molecule has 6 rings (SSSR count). The summed E-state index contributed by atoms with van der Waals surface area (Å²) < 4.78 is 21.2. The van der Waals surface area contributed by atoms with Gasteiger partial charge in [-0.15, -0.1) is 0 Å². The van der Waals surface area contributed by atoms with Crippen LogP contribution in [0.5, 0.6) is 5.75 Å². The van der Waals surface area contributed by atoms with E-state index in [9.17, 15) is 18.8 Å². The number of nitrogens with zero attached hydrogens (tertiary/aromatic N) is 1. The van der Waals surface area contributed by atoms with Crippen LogP contribution in [0.4, 0.5) is 10.1 Å². The van der Waals surface area contributed by atoms with Crippen LogP contribution in [0, 0.1) is 18.2 Å². The van der Waals surface area contributed by atoms with Crippen molar-refractivity contribution in [1.29, 1.82) is 0 Å². The molecule has 1 unspecified atom stereocenters. The number of ether oxygens (including phenoxy) is 1. The molecule has 2 fully saturated rings. The van der Waals surface area contributed by atoms with E-state index < -0.39 is 28.6 Å². The highest BCUT2D eigenvalue weighted by atomic mass is 35.5. The van der Waals surface area contributed by atoms with Gasteiger partial charge in [0, 0.05) is 46.7 Å². The van der Waals surface area contributed by atoms with Gasteiger partial charge < -0.3 is 20.3 Å². The van der Waals surface area contributed by atoms with E-state index in [0.717, 1.165) is 31.5 Å². The molecule has 0 bridgehead atoms. The number of hydrogen-bond donors (Lipinski definition) is 2. The van der Waals surface area contributed by atoms with Gasteiger partial charge in [0.1, 0.15) is 23.6 Å². The van der Waals surface area contributed by atoms with E-state index in [0.29, 0.717) is 38.2 Å². The molecular weight excluding hydrogens is 604 g/mol. The molecule has 3 aromatic rings. The largest absolute Gasteiger partial charge is 0.492 e. The minimum absolute atomic E-state index is 0.0154. The van der Waals surface area contributed by atoms with Crippen molar-refractivity contribution < 1.29 is 23.5 Å². The smallest absolute Gasteiger partial charge is 0.238 e. The van der Waals surface area contributed by atoms with Gasteiger partial charge >= 0.3 is 0 Å². The zero-order valence-electron chi connectivity index (χ0n) is 24.8. The van der Waals surface area contributed by atoms with Gasteiger partial charge in [0.05, 0.1) is 11.5 Å². The van der Waals surface area contributed by atoms with E-state index in [-0.39, 0.29) is 30.7 Å². The zero-order valence-corrected chi connectivity index (χ0v) is 26.3. The van der Waals surface area contributed by atoms with Crippen LogP contribution in [0.2, 0.25) is 10.0 Å². The summed E-state index contributed by atoms with van der Waals surface area (Å²) in [6.45, 7) is 7.06. The fraction of sp³-hybridized carbons (Fsp3) is 0.382. The van der Waals surface area contributed by atoms with E-state index in [1.54, 1.807) is 42.5 Å². The number of benzene rings is 3. The van der Waals surface area contributed by atoms with Crippen molar-refractivity contribution in [3.63, 3.8) is 0 Å². The Hall–Kier alpha value is -3.62. The lowest BCUT2D eigenvalue weighted by Crippen LogP contribution is -2.57. The molecule has 3 aliphatic rings. The van der Waals surface area contributed by atoms with Gasteiger partial charge in [0.25, 0.3) is 0 Å². The summed E-state index contributed by atoms with van der Waals surface area (Å²) in [6.07, 6.45) is 1.90. The molecule has 230 valence electrons. The standard InChI is InChI=1S/C34H34Cl2FN3O4/c1-19-6-9-22(37)16-23(19)30-34(25-10-7-21(36)15-27(25)38-31(34)42)26(17-29(41)39-30)24-14-20(35)8-11-28(24)44-18-33(2,3)32(43)40-12-4-5-13-40/h6-11,14-16,26,30H,4-5,12-13,17-18H2,1-3H3,(H,38,42)(H,39,41)/t26-,30+,34?/m1/s1. The molecule has 3 heterocycles. The van der Waals surface area contributed by atoms with Gasteiger partial charge in [-0.3, -0.25) is 14.4 Å². The Kier molecular flexibility index (Phi) is 7.87. The van der Waals surface area contributed by atoms with Gasteiger partial charge in [0.2, 0.25) is 17.7 Å². The number of piperidine rings is 1. The zero-order chi connectivity index (χ0) is 31.4. The van der Waals surface area contributed by atoms with Gasteiger partial charge in [-0.25, -0.2) is 4.39 Å². The third kappa shape index (κ3) is 5.12. The lowest BCUT2D eigenvalue weighted by molar-refractivity contribution is -0.140. The number of fused-ring (bicyclic) bond motifs is 2. The van der Waals surface area contributed by atoms with Crippen LogP contribution >= 0.6 is 23.2 Å². The number of aryl methyl sites for hydroxylation is 1. The molecule has 44 heavy (non-hydrogen) atoms. The average molecular weight is 639 g/mol. The Morgan fingerprint density at radius 2 is 1.73 bits per heavy atom. The predicted octanol–water partition coefficient (Wildman–Crippen LogP) is 6.70. The SMILES string of the molecule is Cc1ccc(F)cc1[C@@H]1NC(=O)C[C@H](c2cc(Cl)ccc2OCC(C)(C)C(=O)N2CCCC2)C12C(=O)Nc1cc(Cl)ccc12. The van der Waals surface area contributed by atoms with Crippen LogP contribution in [-0.4, -0.2) is 42.3 Å². The molecule has 0 aliphatic carbocycles. The first kappa shape index (κ1) is 30.4.